The summed E-state index contributed by atoms with van der Waals surface area (Å²) in [6.45, 7) is 2.06. The lowest BCUT2D eigenvalue weighted by Crippen LogP contribution is -2.28. The molecule has 0 saturated carbocycles. The molecule has 0 bridgehead atoms. The summed E-state index contributed by atoms with van der Waals surface area (Å²) in [6.07, 6.45) is 1.50. The quantitative estimate of drug-likeness (QED) is 0.136. The molecule has 4 aromatic carbocycles. The Bertz CT molecular complexity index is 2690. The number of sulfonamides is 2. The first-order valence-corrected chi connectivity index (χ1v) is 23.8. The molecule has 0 radical (unpaired) electrons. The molecule has 2 atom stereocenters. The number of rotatable bonds is 10. The molecule has 0 saturated heterocycles. The zero-order chi connectivity index (χ0) is 41.1. The lowest BCUT2D eigenvalue weighted by atomic mass is 10.2. The number of ether oxygens (including phenoxy) is 4. The van der Waals surface area contributed by atoms with Crippen molar-refractivity contribution < 1.29 is 44.6 Å². The van der Waals surface area contributed by atoms with Gasteiger partial charge in [-0.2, -0.15) is 9.44 Å². The summed E-state index contributed by atoms with van der Waals surface area (Å²) in [7, 11) is -7.71. The molecule has 2 aliphatic heterocycles. The number of nitrogens with one attached hydrogen (secondary N) is 2. The highest BCUT2D eigenvalue weighted by Crippen LogP contribution is 2.37. The van der Waals surface area contributed by atoms with Crippen LogP contribution in [0.5, 0.6) is 23.0 Å². The summed E-state index contributed by atoms with van der Waals surface area (Å²) in [5.41, 5.74) is 1.42. The fourth-order valence-corrected chi connectivity index (χ4v) is 10.9. The third kappa shape index (κ3) is 8.66. The summed E-state index contributed by atoms with van der Waals surface area (Å²) in [5, 5.41) is 5.66. The van der Waals surface area contributed by atoms with Crippen molar-refractivity contribution in [1.82, 2.24) is 9.44 Å². The van der Waals surface area contributed by atoms with Gasteiger partial charge in [0.2, 0.25) is 20.0 Å². The number of para-hydroxylation sites is 2. The Morgan fingerprint density at radius 1 is 0.467 bits per heavy atom. The molecule has 4 aromatic heterocycles. The van der Waals surface area contributed by atoms with Crippen LogP contribution in [0, 0.1) is 0 Å². The van der Waals surface area contributed by atoms with Crippen LogP contribution < -0.4 is 28.4 Å². The SMILES string of the molecule is O=S(=O)(N[C@@H](c1cc2ccccc2o1)c1cccs1)c1ccc2c(c1)OCCCO2.O=S(=O)(N[C@H](c1cc2ccccc2o1)c1cccs1)c1ccc2c(c1)OCCCO2. The van der Waals surface area contributed by atoms with Crippen LogP contribution in [0.15, 0.2) is 151 Å². The monoisotopic (exact) mass is 882 g/mol. The second-order valence-corrected chi connectivity index (χ2v) is 19.2. The standard InChI is InChI=1S/2C22H19NO5S2/c2*24-30(25,16-8-9-18-19(14-16)27-11-4-10-26-18)23-22(21-7-3-12-29-21)20-13-15-5-1-2-6-17(15)28-20/h2*1-3,5-9,12-14,22-23H,4,10-11H2/t2*22-/m10/s1. The molecule has 16 heteroatoms. The minimum absolute atomic E-state index is 0.115. The summed E-state index contributed by atoms with van der Waals surface area (Å²) in [4.78, 5) is 1.91. The average Bonchev–Trinajstić information content (AvgIpc) is 4.08. The molecule has 2 aliphatic rings. The molecule has 308 valence electrons. The lowest BCUT2D eigenvalue weighted by Gasteiger charge is -2.16. The molecule has 0 amide bonds. The Kier molecular flexibility index (Phi) is 11.4. The van der Waals surface area contributed by atoms with E-state index in [1.165, 1.54) is 46.9 Å². The van der Waals surface area contributed by atoms with Gasteiger partial charge >= 0.3 is 0 Å². The predicted molar refractivity (Wildman–Crippen MR) is 229 cm³/mol. The van der Waals surface area contributed by atoms with Gasteiger partial charge in [-0.15, -0.1) is 22.7 Å². The molecule has 6 heterocycles. The van der Waals surface area contributed by atoms with Gasteiger partial charge < -0.3 is 27.8 Å². The largest absolute Gasteiger partial charge is 0.490 e. The Hall–Kier alpha value is -5.62. The highest BCUT2D eigenvalue weighted by atomic mass is 32.2. The van der Waals surface area contributed by atoms with Crippen LogP contribution in [0.2, 0.25) is 0 Å². The van der Waals surface area contributed by atoms with Gasteiger partial charge in [-0.1, -0.05) is 48.5 Å². The third-order valence-electron chi connectivity index (χ3n) is 9.72. The molecule has 0 unspecified atom stereocenters. The molecule has 0 spiro atoms. The molecule has 10 rings (SSSR count). The Labute approximate surface area is 354 Å². The van der Waals surface area contributed by atoms with Crippen LogP contribution in [0.4, 0.5) is 0 Å². The summed E-state index contributed by atoms with van der Waals surface area (Å²) < 4.78 is 93.1. The maximum Gasteiger partial charge on any atom is 0.241 e. The highest BCUT2D eigenvalue weighted by molar-refractivity contribution is 7.89. The number of fused-ring (bicyclic) bond motifs is 4. The van der Waals surface area contributed by atoms with Gasteiger partial charge in [-0.3, -0.25) is 0 Å². The van der Waals surface area contributed by atoms with Crippen molar-refractivity contribution in [1.29, 1.82) is 0 Å². The first-order chi connectivity index (χ1) is 29.2. The van der Waals surface area contributed by atoms with Gasteiger partial charge in [-0.25, -0.2) is 16.8 Å². The highest BCUT2D eigenvalue weighted by Gasteiger charge is 2.29. The van der Waals surface area contributed by atoms with E-state index in [2.05, 4.69) is 9.44 Å². The minimum atomic E-state index is -3.86. The van der Waals surface area contributed by atoms with E-state index in [4.69, 9.17) is 27.8 Å². The predicted octanol–water partition coefficient (Wildman–Crippen LogP) is 9.45. The third-order valence-corrected chi connectivity index (χ3v) is 14.4. The van der Waals surface area contributed by atoms with Crippen molar-refractivity contribution in [3.63, 3.8) is 0 Å². The number of thiophene rings is 2. The van der Waals surface area contributed by atoms with Crippen LogP contribution in [0.3, 0.4) is 0 Å². The average molecular weight is 883 g/mol. The number of hydrogen-bond acceptors (Lipinski definition) is 12. The zero-order valence-electron chi connectivity index (χ0n) is 31.8. The van der Waals surface area contributed by atoms with Crippen LogP contribution in [0.25, 0.3) is 21.9 Å². The van der Waals surface area contributed by atoms with Crippen molar-refractivity contribution >= 4 is 64.7 Å². The first kappa shape index (κ1) is 39.8. The summed E-state index contributed by atoms with van der Waals surface area (Å²) in [5.74, 6) is 3.06. The van der Waals surface area contributed by atoms with E-state index < -0.39 is 32.1 Å². The Morgan fingerprint density at radius 2 is 0.883 bits per heavy atom. The Balaban J connectivity index is 0.000000154. The first-order valence-electron chi connectivity index (χ1n) is 19.1. The molecular weight excluding hydrogens is 845 g/mol. The molecule has 12 nitrogen and oxygen atoms in total. The van der Waals surface area contributed by atoms with E-state index >= 15 is 0 Å². The summed E-state index contributed by atoms with van der Waals surface area (Å²) in [6, 6.07) is 34.6. The second-order valence-electron chi connectivity index (χ2n) is 13.8. The van der Waals surface area contributed by atoms with E-state index in [1.807, 2.05) is 95.7 Å². The molecule has 0 aliphatic carbocycles. The smallest absolute Gasteiger partial charge is 0.241 e. The van der Waals surface area contributed by atoms with Crippen molar-refractivity contribution in [2.75, 3.05) is 26.4 Å². The van der Waals surface area contributed by atoms with Gasteiger partial charge in [0.1, 0.15) is 34.8 Å². The van der Waals surface area contributed by atoms with E-state index in [-0.39, 0.29) is 9.79 Å². The molecule has 2 N–H and O–H groups in total. The van der Waals surface area contributed by atoms with Gasteiger partial charge in [-0.05, 0) is 71.4 Å². The topological polar surface area (TPSA) is 156 Å². The van der Waals surface area contributed by atoms with Crippen molar-refractivity contribution in [2.24, 2.45) is 0 Å². The van der Waals surface area contributed by atoms with E-state index in [1.54, 1.807) is 12.1 Å². The number of hydrogen-bond donors (Lipinski definition) is 2. The normalized spacial score (nSPS) is 15.1. The van der Waals surface area contributed by atoms with Crippen LogP contribution in [0.1, 0.15) is 46.2 Å². The second kappa shape index (κ2) is 17.2. The van der Waals surface area contributed by atoms with Crippen LogP contribution in [-0.4, -0.2) is 43.3 Å². The fourth-order valence-electron chi connectivity index (χ4n) is 6.78. The fraction of sp³-hybridized carbons (Fsp3) is 0.182. The maximum atomic E-state index is 13.3. The van der Waals surface area contributed by atoms with Gasteiger partial charge in [0.25, 0.3) is 0 Å². The van der Waals surface area contributed by atoms with Crippen LogP contribution in [-0.2, 0) is 20.0 Å². The number of benzene rings is 4. The van der Waals surface area contributed by atoms with Crippen molar-refractivity contribution in [3.05, 3.63) is 153 Å². The molecular formula is C44H38N2O10S4. The van der Waals surface area contributed by atoms with Crippen LogP contribution >= 0.6 is 22.7 Å². The zero-order valence-corrected chi connectivity index (χ0v) is 35.1. The van der Waals surface area contributed by atoms with E-state index in [0.29, 0.717) is 72.1 Å². The van der Waals surface area contributed by atoms with Gasteiger partial charge in [0, 0.05) is 45.5 Å². The van der Waals surface area contributed by atoms with E-state index in [9.17, 15) is 16.8 Å². The van der Waals surface area contributed by atoms with Crippen molar-refractivity contribution in [2.45, 2.75) is 34.7 Å². The molecule has 8 aromatic rings. The maximum absolute atomic E-state index is 13.3. The molecule has 60 heavy (non-hydrogen) atoms. The molecule has 0 fully saturated rings. The Morgan fingerprint density at radius 3 is 1.28 bits per heavy atom. The number of furan rings is 2. The van der Waals surface area contributed by atoms with E-state index in [0.717, 1.165) is 33.4 Å². The summed E-state index contributed by atoms with van der Waals surface area (Å²) >= 11 is 2.93. The minimum Gasteiger partial charge on any atom is -0.490 e. The van der Waals surface area contributed by atoms with Gasteiger partial charge in [0.05, 0.1) is 36.2 Å². The van der Waals surface area contributed by atoms with Crippen molar-refractivity contribution in [3.8, 4) is 23.0 Å². The van der Waals surface area contributed by atoms with Gasteiger partial charge in [0.15, 0.2) is 23.0 Å². The lowest BCUT2D eigenvalue weighted by molar-refractivity contribution is 0.296.